The largest absolute Gasteiger partial charge is 0.365 e. The Kier molecular flexibility index (Phi) is 4.78. The fourth-order valence-corrected chi connectivity index (χ4v) is 2.91. The van der Waals surface area contributed by atoms with Gasteiger partial charge < -0.3 is 10.6 Å². The predicted molar refractivity (Wildman–Crippen MR) is 91.6 cm³/mol. The number of piperidine rings is 1. The van der Waals surface area contributed by atoms with Crippen molar-refractivity contribution in [1.82, 2.24) is 25.1 Å². The maximum Gasteiger partial charge on any atom is 0.220 e. The van der Waals surface area contributed by atoms with Gasteiger partial charge in [0.25, 0.3) is 0 Å². The highest BCUT2D eigenvalue weighted by Crippen LogP contribution is 2.26. The van der Waals surface area contributed by atoms with Crippen LogP contribution >= 0.6 is 0 Å². The molecular weight excluding hydrogens is 304 g/mol. The Bertz CT molecular complexity index is 711. The van der Waals surface area contributed by atoms with Crippen molar-refractivity contribution in [3.63, 3.8) is 0 Å². The number of nitrogens with one attached hydrogen (secondary N) is 2. The third kappa shape index (κ3) is 3.55. The van der Waals surface area contributed by atoms with Gasteiger partial charge in [0.2, 0.25) is 5.91 Å². The Labute approximate surface area is 141 Å². The Balaban J connectivity index is 1.81. The van der Waals surface area contributed by atoms with Crippen LogP contribution in [0.5, 0.6) is 0 Å². The quantitative estimate of drug-likeness (QED) is 0.879. The second-order valence-corrected chi connectivity index (χ2v) is 6.42. The summed E-state index contributed by atoms with van der Waals surface area (Å²) in [5.74, 6) is 1.96. The molecule has 0 unspecified atom stereocenters. The lowest BCUT2D eigenvalue weighted by Gasteiger charge is -2.32. The zero-order valence-electron chi connectivity index (χ0n) is 14.4. The maximum atomic E-state index is 11.9. The summed E-state index contributed by atoms with van der Waals surface area (Å²) in [6.45, 7) is 6.99. The SMILES string of the molecule is CCn1cc([C@@H]2NC(=O)CC[C@H]2Nc2ccnc(C(C)C)n2)cn1. The number of rotatable bonds is 5. The molecule has 1 amide bonds. The standard InChI is InChI=1S/C17H24N6O/c1-4-23-10-12(9-19-23)16-13(5-6-15(24)22-16)20-14-7-8-18-17(21-14)11(2)3/h7-11,13,16H,4-6H2,1-3H3,(H,22,24)(H,18,20,21)/t13-,16+/m1/s1. The van der Waals surface area contributed by atoms with E-state index in [1.807, 2.05) is 30.1 Å². The zero-order valence-corrected chi connectivity index (χ0v) is 14.4. The Morgan fingerprint density at radius 2 is 2.29 bits per heavy atom. The Morgan fingerprint density at radius 3 is 3.00 bits per heavy atom. The lowest BCUT2D eigenvalue weighted by molar-refractivity contribution is -0.123. The molecule has 1 aliphatic rings. The fraction of sp³-hybridized carbons (Fsp3) is 0.529. The van der Waals surface area contributed by atoms with Crippen LogP contribution in [0.2, 0.25) is 0 Å². The van der Waals surface area contributed by atoms with Gasteiger partial charge in [-0.3, -0.25) is 9.48 Å². The van der Waals surface area contributed by atoms with Crippen LogP contribution in [0, 0.1) is 0 Å². The molecule has 1 fully saturated rings. The first kappa shape index (κ1) is 16.4. The van der Waals surface area contributed by atoms with Crippen LogP contribution in [0.1, 0.15) is 57.0 Å². The second kappa shape index (κ2) is 6.98. The van der Waals surface area contributed by atoms with Crippen LogP contribution in [0.4, 0.5) is 5.82 Å². The molecule has 2 aromatic rings. The number of anilines is 1. The minimum Gasteiger partial charge on any atom is -0.365 e. The first-order valence-electron chi connectivity index (χ1n) is 8.48. The summed E-state index contributed by atoms with van der Waals surface area (Å²) in [6.07, 6.45) is 6.86. The Morgan fingerprint density at radius 1 is 1.46 bits per heavy atom. The lowest BCUT2D eigenvalue weighted by Crippen LogP contribution is -2.45. The number of carbonyl (C=O) groups excluding carboxylic acids is 1. The molecule has 0 radical (unpaired) electrons. The van der Waals surface area contributed by atoms with Crippen LogP contribution in [0.15, 0.2) is 24.7 Å². The molecule has 0 aromatic carbocycles. The van der Waals surface area contributed by atoms with E-state index >= 15 is 0 Å². The monoisotopic (exact) mass is 328 g/mol. The number of hydrogen-bond acceptors (Lipinski definition) is 5. The summed E-state index contributed by atoms with van der Waals surface area (Å²) < 4.78 is 1.87. The van der Waals surface area contributed by atoms with E-state index in [4.69, 9.17) is 0 Å². The molecule has 2 atom stereocenters. The molecule has 3 rings (SSSR count). The molecule has 0 spiro atoms. The highest BCUT2D eigenvalue weighted by Gasteiger charge is 2.31. The smallest absolute Gasteiger partial charge is 0.220 e. The molecule has 24 heavy (non-hydrogen) atoms. The van der Waals surface area contributed by atoms with Crippen molar-refractivity contribution >= 4 is 11.7 Å². The third-order valence-corrected chi connectivity index (χ3v) is 4.26. The van der Waals surface area contributed by atoms with Crippen molar-refractivity contribution in [2.24, 2.45) is 0 Å². The summed E-state index contributed by atoms with van der Waals surface area (Å²) in [6, 6.07) is 1.84. The van der Waals surface area contributed by atoms with E-state index in [9.17, 15) is 4.79 Å². The molecule has 128 valence electrons. The first-order chi connectivity index (χ1) is 11.6. The average molecular weight is 328 g/mol. The average Bonchev–Trinajstić information content (AvgIpc) is 3.05. The van der Waals surface area contributed by atoms with Crippen molar-refractivity contribution in [3.8, 4) is 0 Å². The van der Waals surface area contributed by atoms with Crippen LogP contribution in [0.3, 0.4) is 0 Å². The van der Waals surface area contributed by atoms with Gasteiger partial charge >= 0.3 is 0 Å². The van der Waals surface area contributed by atoms with Gasteiger partial charge in [0.15, 0.2) is 0 Å². The topological polar surface area (TPSA) is 84.7 Å². The van der Waals surface area contributed by atoms with Gasteiger partial charge in [0, 0.05) is 36.8 Å². The summed E-state index contributed by atoms with van der Waals surface area (Å²) in [5.41, 5.74) is 1.01. The summed E-state index contributed by atoms with van der Waals surface area (Å²) in [7, 11) is 0. The lowest BCUT2D eigenvalue weighted by atomic mass is 9.94. The number of aromatic nitrogens is 4. The normalized spacial score (nSPS) is 20.9. The molecule has 2 N–H and O–H groups in total. The van der Waals surface area contributed by atoms with Crippen molar-refractivity contribution in [1.29, 1.82) is 0 Å². The summed E-state index contributed by atoms with van der Waals surface area (Å²) in [4.78, 5) is 20.8. The van der Waals surface area contributed by atoms with Crippen molar-refractivity contribution < 1.29 is 4.79 Å². The molecule has 0 aliphatic carbocycles. The van der Waals surface area contributed by atoms with Crippen molar-refractivity contribution in [2.45, 2.75) is 58.2 Å². The minimum atomic E-state index is -0.107. The van der Waals surface area contributed by atoms with Gasteiger partial charge in [-0.15, -0.1) is 0 Å². The molecule has 7 nitrogen and oxygen atoms in total. The second-order valence-electron chi connectivity index (χ2n) is 6.42. The van der Waals surface area contributed by atoms with Gasteiger partial charge in [-0.05, 0) is 19.4 Å². The molecule has 2 aromatic heterocycles. The van der Waals surface area contributed by atoms with Gasteiger partial charge in [-0.1, -0.05) is 13.8 Å². The molecule has 0 bridgehead atoms. The van der Waals surface area contributed by atoms with E-state index in [0.29, 0.717) is 6.42 Å². The number of aryl methyl sites for hydroxylation is 1. The molecule has 7 heteroatoms. The molecule has 1 saturated heterocycles. The predicted octanol–water partition coefficient (Wildman–Crippen LogP) is 2.25. The van der Waals surface area contributed by atoms with E-state index in [1.54, 1.807) is 6.20 Å². The third-order valence-electron chi connectivity index (χ3n) is 4.26. The fourth-order valence-electron chi connectivity index (χ4n) is 2.91. The molecular formula is C17H24N6O. The summed E-state index contributed by atoms with van der Waals surface area (Å²) >= 11 is 0. The minimum absolute atomic E-state index is 0.0760. The van der Waals surface area contributed by atoms with Gasteiger partial charge in [0.05, 0.1) is 18.3 Å². The molecule has 3 heterocycles. The van der Waals surface area contributed by atoms with Crippen LogP contribution in [-0.4, -0.2) is 31.7 Å². The van der Waals surface area contributed by atoms with Gasteiger partial charge in [-0.25, -0.2) is 9.97 Å². The van der Waals surface area contributed by atoms with Crippen LogP contribution in [-0.2, 0) is 11.3 Å². The van der Waals surface area contributed by atoms with Gasteiger partial charge in [-0.2, -0.15) is 5.10 Å². The van der Waals surface area contributed by atoms with E-state index in [2.05, 4.69) is 39.5 Å². The van der Waals surface area contributed by atoms with E-state index in [1.165, 1.54) is 0 Å². The highest BCUT2D eigenvalue weighted by atomic mass is 16.1. The van der Waals surface area contributed by atoms with Crippen molar-refractivity contribution in [2.75, 3.05) is 5.32 Å². The van der Waals surface area contributed by atoms with Crippen LogP contribution < -0.4 is 10.6 Å². The zero-order chi connectivity index (χ0) is 17.1. The van der Waals surface area contributed by atoms with Crippen molar-refractivity contribution in [3.05, 3.63) is 36.0 Å². The first-order valence-corrected chi connectivity index (χ1v) is 8.48. The maximum absolute atomic E-state index is 11.9. The molecule has 0 saturated carbocycles. The van der Waals surface area contributed by atoms with E-state index in [-0.39, 0.29) is 23.9 Å². The number of hydrogen-bond donors (Lipinski definition) is 2. The van der Waals surface area contributed by atoms with Crippen LogP contribution in [0.25, 0.3) is 0 Å². The summed E-state index contributed by atoms with van der Waals surface area (Å²) in [5, 5.41) is 10.9. The van der Waals surface area contributed by atoms with E-state index < -0.39 is 0 Å². The molecule has 1 aliphatic heterocycles. The highest BCUT2D eigenvalue weighted by molar-refractivity contribution is 5.77. The number of nitrogens with zero attached hydrogens (tertiary/aromatic N) is 4. The van der Waals surface area contributed by atoms with E-state index in [0.717, 1.165) is 30.2 Å². The number of amides is 1. The Hall–Kier alpha value is -2.44. The van der Waals surface area contributed by atoms with Gasteiger partial charge in [0.1, 0.15) is 11.6 Å². The number of carbonyl (C=O) groups is 1.